The third-order valence-corrected chi connectivity index (χ3v) is 6.90. The number of thioether (sulfide) groups is 1. The summed E-state index contributed by atoms with van der Waals surface area (Å²) in [4.78, 5) is 37.8. The number of carbonyl (C=O) groups excluding carboxylic acids is 2. The van der Waals surface area contributed by atoms with Gasteiger partial charge in [-0.1, -0.05) is 75.8 Å². The summed E-state index contributed by atoms with van der Waals surface area (Å²) in [6.45, 7) is 7.84. The molecule has 13 heteroatoms. The second kappa shape index (κ2) is 26.1. The Hall–Kier alpha value is -4.00. The highest BCUT2D eigenvalue weighted by Crippen LogP contribution is 2.31. The third kappa shape index (κ3) is 21.4. The van der Waals surface area contributed by atoms with Crippen LogP contribution < -0.4 is 14.8 Å². The molecule has 1 amide bonds. The molecule has 1 N–H and O–H groups in total. The molecule has 0 aliphatic heterocycles. The SMILES string of the molecule is C/C=C\CCCC(=O)NCC(=O)Oc1ccccc1CO[N+](=O)[O-].CC.CCCC(/C=C/CCOc1cccc(C(F)(F)F)c1)SC. The van der Waals surface area contributed by atoms with Crippen molar-refractivity contribution in [2.45, 2.75) is 84.3 Å². The fourth-order valence-corrected chi connectivity index (χ4v) is 4.38. The van der Waals surface area contributed by atoms with Crippen LogP contribution in [0.5, 0.6) is 11.5 Å². The molecular weight excluding hydrogens is 637 g/mol. The number of rotatable bonds is 18. The molecule has 0 aliphatic carbocycles. The summed E-state index contributed by atoms with van der Waals surface area (Å²) < 4.78 is 48.1. The monoisotopic (exact) mass is 684 g/mol. The number of benzene rings is 2. The summed E-state index contributed by atoms with van der Waals surface area (Å²) in [6.07, 6.45) is 10.6. The molecule has 0 aromatic heterocycles. The Bertz CT molecular complexity index is 1240. The standard InChI is InChI=1S/C16H21F3OS.C16H20N2O6.C2H6/c1-3-7-15(21-2)10-4-5-11-20-14-9-6-8-13(12-14)16(17,18)19;1-2-3-4-5-10-15(19)17-11-16(20)24-14-9-7-6-8-13(14)12-23-18(21)22;1-2/h4,6,8-10,12,15H,3,5,7,11H2,1-2H3;2-3,6-9H,4-5,10-12H2,1H3,(H,17,19);1-2H3/b10-4+;3-2-;. The van der Waals surface area contributed by atoms with Gasteiger partial charge in [0.2, 0.25) is 5.91 Å². The van der Waals surface area contributed by atoms with Crippen molar-refractivity contribution in [1.82, 2.24) is 5.32 Å². The van der Waals surface area contributed by atoms with Gasteiger partial charge in [-0.25, -0.2) is 4.79 Å². The lowest BCUT2D eigenvalue weighted by Crippen LogP contribution is -2.31. The molecule has 2 aromatic carbocycles. The van der Waals surface area contributed by atoms with E-state index in [1.807, 2.05) is 39.0 Å². The van der Waals surface area contributed by atoms with E-state index in [1.165, 1.54) is 12.1 Å². The first kappa shape index (κ1) is 43.0. The number of unbranched alkanes of at least 4 members (excludes halogenated alkanes) is 1. The van der Waals surface area contributed by atoms with Gasteiger partial charge in [0.25, 0.3) is 5.09 Å². The number of nitrogens with zero attached hydrogens (tertiary/aromatic N) is 1. The Morgan fingerprint density at radius 2 is 1.81 bits per heavy atom. The van der Waals surface area contributed by atoms with Crippen LogP contribution in [0, 0.1) is 10.1 Å². The number of amides is 1. The van der Waals surface area contributed by atoms with E-state index in [2.05, 4.69) is 29.4 Å². The Kier molecular flexibility index (Phi) is 23.9. The van der Waals surface area contributed by atoms with Gasteiger partial charge in [0, 0.05) is 17.2 Å². The first-order valence-corrected chi connectivity index (χ1v) is 16.7. The quantitative estimate of drug-likeness (QED) is 0.0414. The highest BCUT2D eigenvalue weighted by atomic mass is 32.2. The first-order valence-electron chi connectivity index (χ1n) is 15.4. The maximum atomic E-state index is 12.5. The molecule has 1 atom stereocenters. The van der Waals surface area contributed by atoms with E-state index < -0.39 is 22.8 Å². The number of hydrogen-bond donors (Lipinski definition) is 1. The molecule has 47 heavy (non-hydrogen) atoms. The lowest BCUT2D eigenvalue weighted by atomic mass is 10.2. The van der Waals surface area contributed by atoms with E-state index in [1.54, 1.807) is 36.0 Å². The number of para-hydroxylation sites is 1. The summed E-state index contributed by atoms with van der Waals surface area (Å²) in [6, 6.07) is 11.3. The number of hydrogen-bond acceptors (Lipinski definition) is 8. The molecule has 262 valence electrons. The zero-order valence-electron chi connectivity index (χ0n) is 27.7. The van der Waals surface area contributed by atoms with Crippen LogP contribution in [0.1, 0.15) is 77.3 Å². The second-order valence-corrected chi connectivity index (χ2v) is 10.5. The van der Waals surface area contributed by atoms with Crippen molar-refractivity contribution in [1.29, 1.82) is 0 Å². The van der Waals surface area contributed by atoms with Gasteiger partial charge in [-0.05, 0) is 63.1 Å². The van der Waals surface area contributed by atoms with Crippen LogP contribution in [0.4, 0.5) is 13.2 Å². The number of alkyl halides is 3. The van der Waals surface area contributed by atoms with E-state index in [4.69, 9.17) is 9.47 Å². The largest absolute Gasteiger partial charge is 0.493 e. The molecule has 1 unspecified atom stereocenters. The molecular formula is C34H47F3N2O7S. The van der Waals surface area contributed by atoms with E-state index in [-0.39, 0.29) is 30.6 Å². The van der Waals surface area contributed by atoms with Crippen molar-refractivity contribution in [2.24, 2.45) is 0 Å². The highest BCUT2D eigenvalue weighted by molar-refractivity contribution is 7.99. The van der Waals surface area contributed by atoms with Gasteiger partial charge >= 0.3 is 12.1 Å². The number of ether oxygens (including phenoxy) is 2. The summed E-state index contributed by atoms with van der Waals surface area (Å²) in [5, 5.41) is 12.3. The number of nitrogens with one attached hydrogen (secondary N) is 1. The lowest BCUT2D eigenvalue weighted by Gasteiger charge is -2.10. The molecule has 0 bridgehead atoms. The van der Waals surface area contributed by atoms with Gasteiger partial charge < -0.3 is 19.6 Å². The zero-order valence-corrected chi connectivity index (χ0v) is 28.5. The minimum atomic E-state index is -4.33. The van der Waals surface area contributed by atoms with Crippen molar-refractivity contribution in [3.8, 4) is 11.5 Å². The van der Waals surface area contributed by atoms with Crippen molar-refractivity contribution < 1.29 is 42.2 Å². The van der Waals surface area contributed by atoms with Crippen molar-refractivity contribution >= 4 is 23.6 Å². The van der Waals surface area contributed by atoms with Crippen LogP contribution in [0.25, 0.3) is 0 Å². The van der Waals surface area contributed by atoms with Crippen molar-refractivity contribution in [3.05, 3.63) is 94.1 Å². The predicted octanol–water partition coefficient (Wildman–Crippen LogP) is 8.75. The summed E-state index contributed by atoms with van der Waals surface area (Å²) in [5.74, 6) is -0.480. The van der Waals surface area contributed by atoms with Gasteiger partial charge in [-0.15, -0.1) is 10.1 Å². The maximum Gasteiger partial charge on any atom is 0.416 e. The third-order valence-electron chi connectivity index (χ3n) is 5.90. The van der Waals surface area contributed by atoms with Crippen LogP contribution in [0.2, 0.25) is 0 Å². The van der Waals surface area contributed by atoms with Gasteiger partial charge in [0.1, 0.15) is 24.7 Å². The predicted molar refractivity (Wildman–Crippen MR) is 180 cm³/mol. The molecule has 0 fully saturated rings. The number of esters is 1. The van der Waals surface area contributed by atoms with Gasteiger partial charge in [0.15, 0.2) is 0 Å². The van der Waals surface area contributed by atoms with E-state index in [0.717, 1.165) is 31.4 Å². The average Bonchev–Trinajstić information content (AvgIpc) is 3.05. The normalized spacial score (nSPS) is 11.5. The summed E-state index contributed by atoms with van der Waals surface area (Å²) >= 11 is 1.80. The fraction of sp³-hybridized carbons (Fsp3) is 0.471. The van der Waals surface area contributed by atoms with Crippen LogP contribution >= 0.6 is 11.8 Å². The molecule has 9 nitrogen and oxygen atoms in total. The Labute approximate surface area is 280 Å². The molecule has 2 aromatic rings. The molecule has 0 saturated heterocycles. The Morgan fingerprint density at radius 3 is 2.45 bits per heavy atom. The maximum absolute atomic E-state index is 12.5. The van der Waals surface area contributed by atoms with Gasteiger partial charge in [-0.2, -0.15) is 24.9 Å². The van der Waals surface area contributed by atoms with Gasteiger partial charge in [-0.3, -0.25) is 4.79 Å². The highest BCUT2D eigenvalue weighted by Gasteiger charge is 2.30. The fourth-order valence-electron chi connectivity index (χ4n) is 3.64. The molecule has 0 spiro atoms. The zero-order chi connectivity index (χ0) is 35.5. The molecule has 0 aliphatic rings. The minimum Gasteiger partial charge on any atom is -0.493 e. The topological polar surface area (TPSA) is 117 Å². The van der Waals surface area contributed by atoms with Crippen molar-refractivity contribution in [3.63, 3.8) is 0 Å². The first-order chi connectivity index (χ1) is 22.5. The van der Waals surface area contributed by atoms with Gasteiger partial charge in [0.05, 0.1) is 12.2 Å². The lowest BCUT2D eigenvalue weighted by molar-refractivity contribution is -0.763. The van der Waals surface area contributed by atoms with E-state index >= 15 is 0 Å². The Morgan fingerprint density at radius 1 is 1.09 bits per heavy atom. The smallest absolute Gasteiger partial charge is 0.416 e. The van der Waals surface area contributed by atoms with Crippen LogP contribution in [0.3, 0.4) is 0 Å². The van der Waals surface area contributed by atoms with Crippen LogP contribution in [0.15, 0.2) is 72.8 Å². The average molecular weight is 685 g/mol. The molecule has 0 radical (unpaired) electrons. The van der Waals surface area contributed by atoms with Crippen LogP contribution in [-0.4, -0.2) is 41.6 Å². The van der Waals surface area contributed by atoms with Crippen molar-refractivity contribution in [2.75, 3.05) is 19.4 Å². The number of halogens is 3. The second-order valence-electron chi connectivity index (χ2n) is 9.47. The summed E-state index contributed by atoms with van der Waals surface area (Å²) in [7, 11) is 0. The number of carbonyl (C=O) groups is 2. The Balaban J connectivity index is 0.000000862. The molecule has 0 heterocycles. The van der Waals surface area contributed by atoms with E-state index in [0.29, 0.717) is 36.7 Å². The summed E-state index contributed by atoms with van der Waals surface area (Å²) in [5.41, 5.74) is -0.318. The number of allylic oxidation sites excluding steroid dienone is 2. The molecule has 2 rings (SSSR count). The molecule has 0 saturated carbocycles. The van der Waals surface area contributed by atoms with E-state index in [9.17, 15) is 32.9 Å². The van der Waals surface area contributed by atoms with Crippen LogP contribution in [-0.2, 0) is 27.2 Å². The minimum absolute atomic E-state index is 0.159.